The van der Waals surface area contributed by atoms with Crippen LogP contribution in [0.1, 0.15) is 20.7 Å². The van der Waals surface area contributed by atoms with Gasteiger partial charge in [-0.3, -0.25) is 14.4 Å². The molecule has 9 heteroatoms. The van der Waals surface area contributed by atoms with Crippen LogP contribution in [0.15, 0.2) is 39.3 Å². The van der Waals surface area contributed by atoms with Crippen molar-refractivity contribution in [1.29, 1.82) is 0 Å². The van der Waals surface area contributed by atoms with Crippen LogP contribution in [0.3, 0.4) is 0 Å². The van der Waals surface area contributed by atoms with Gasteiger partial charge >= 0.3 is 0 Å². The molecule has 2 heterocycles. The lowest BCUT2D eigenvalue weighted by Crippen LogP contribution is -2.13. The summed E-state index contributed by atoms with van der Waals surface area (Å²) in [5.41, 5.74) is 5.65. The van der Waals surface area contributed by atoms with Gasteiger partial charge in [-0.15, -0.1) is 23.1 Å². The fourth-order valence-electron chi connectivity index (χ4n) is 2.23. The summed E-state index contributed by atoms with van der Waals surface area (Å²) in [6.07, 6.45) is 0. The summed E-state index contributed by atoms with van der Waals surface area (Å²) >= 11 is 8.02. The van der Waals surface area contributed by atoms with Crippen molar-refractivity contribution in [3.05, 3.63) is 56.8 Å². The number of nitrogens with two attached hydrogens (primary N) is 1. The van der Waals surface area contributed by atoms with E-state index in [0.29, 0.717) is 19.5 Å². The van der Waals surface area contributed by atoms with Gasteiger partial charge in [0.15, 0.2) is 5.78 Å². The van der Waals surface area contributed by atoms with Crippen LogP contribution in [0.4, 0.5) is 0 Å². The summed E-state index contributed by atoms with van der Waals surface area (Å²) in [6, 6.07) is 7.51. The fourth-order valence-corrected chi connectivity index (χ4v) is 4.71. The zero-order valence-electron chi connectivity index (χ0n) is 12.5. The molecule has 2 aromatic heterocycles. The number of hydrogen-bond donors (Lipinski definition) is 3. The quantitative estimate of drug-likeness (QED) is 0.454. The van der Waals surface area contributed by atoms with E-state index in [-0.39, 0.29) is 28.4 Å². The Morgan fingerprint density at radius 3 is 2.60 bits per heavy atom. The number of ketones is 1. The van der Waals surface area contributed by atoms with E-state index in [4.69, 9.17) is 17.3 Å². The molecule has 0 aliphatic heterocycles. The number of thioether (sulfide) groups is 1. The highest BCUT2D eigenvalue weighted by atomic mass is 35.5. The Labute approximate surface area is 154 Å². The third kappa shape index (κ3) is 3.55. The molecule has 0 atom stereocenters. The summed E-state index contributed by atoms with van der Waals surface area (Å²) in [7, 11) is 0. The summed E-state index contributed by atoms with van der Waals surface area (Å²) in [6.45, 7) is 0. The van der Waals surface area contributed by atoms with Crippen molar-refractivity contribution in [1.82, 2.24) is 4.98 Å². The van der Waals surface area contributed by atoms with Gasteiger partial charge in [-0.05, 0) is 24.3 Å². The molecule has 0 saturated heterocycles. The number of halogens is 1. The van der Waals surface area contributed by atoms with Crippen LogP contribution in [0.25, 0.3) is 10.2 Å². The van der Waals surface area contributed by atoms with Gasteiger partial charge in [0, 0.05) is 16.7 Å². The van der Waals surface area contributed by atoms with Gasteiger partial charge in [0.25, 0.3) is 11.5 Å². The molecule has 6 nitrogen and oxygen atoms in total. The lowest BCUT2D eigenvalue weighted by molar-refractivity contribution is 0.0995. The first kappa shape index (κ1) is 17.5. The van der Waals surface area contributed by atoms with Gasteiger partial charge in [-0.25, -0.2) is 0 Å². The molecule has 4 N–H and O–H groups in total. The number of aromatic nitrogens is 1. The van der Waals surface area contributed by atoms with Crippen molar-refractivity contribution in [3.63, 3.8) is 0 Å². The average molecular weight is 395 g/mol. The number of hydrogen-bond acceptors (Lipinski definition) is 6. The molecule has 0 saturated carbocycles. The van der Waals surface area contributed by atoms with E-state index in [0.717, 1.165) is 29.2 Å². The normalized spacial score (nSPS) is 10.9. The average Bonchev–Trinajstić information content (AvgIpc) is 2.92. The lowest BCUT2D eigenvalue weighted by atomic mass is 10.1. The number of Topliss-reactive ketones (excluding diaryl/α,β-unsaturated/α-hetero) is 1. The molecular weight excluding hydrogens is 384 g/mol. The van der Waals surface area contributed by atoms with Crippen molar-refractivity contribution in [2.75, 3.05) is 5.75 Å². The number of H-pyrrole nitrogens is 1. The second-order valence-electron chi connectivity index (χ2n) is 5.07. The van der Waals surface area contributed by atoms with Crippen molar-refractivity contribution in [2.45, 2.75) is 4.21 Å². The molecule has 0 unspecified atom stereocenters. The SMILES string of the molecule is NC(=O)c1c(SCC(=O)c2ccc(Cl)cc2)sc2c(O)cc(=O)[nH]c12. The second kappa shape index (κ2) is 6.91. The number of pyridine rings is 1. The first-order chi connectivity index (χ1) is 11.9. The Morgan fingerprint density at radius 1 is 1.28 bits per heavy atom. The number of rotatable bonds is 5. The van der Waals surface area contributed by atoms with E-state index < -0.39 is 11.5 Å². The number of amides is 1. The Kier molecular flexibility index (Phi) is 4.85. The number of primary amides is 1. The smallest absolute Gasteiger partial charge is 0.252 e. The molecule has 3 rings (SSSR count). The topological polar surface area (TPSA) is 113 Å². The third-order valence-electron chi connectivity index (χ3n) is 3.37. The number of fused-ring (bicyclic) bond motifs is 1. The predicted octanol–water partition coefficient (Wildman–Crippen LogP) is 3.02. The lowest BCUT2D eigenvalue weighted by Gasteiger charge is -2.02. The van der Waals surface area contributed by atoms with Crippen molar-refractivity contribution in [3.8, 4) is 5.75 Å². The minimum absolute atomic E-state index is 0.0692. The standard InChI is InChI=1S/C16H11ClN2O4S2/c17-8-3-1-7(2-4-8)10(21)6-24-16-12(15(18)23)13-14(25-16)9(20)5-11(22)19-13/h1-5H,6H2,(H2,18,23)(H2,19,20,22). The number of aromatic amines is 1. The zero-order chi connectivity index (χ0) is 18.1. The first-order valence-corrected chi connectivity index (χ1v) is 9.15. The molecule has 0 radical (unpaired) electrons. The Hall–Kier alpha value is -2.29. The van der Waals surface area contributed by atoms with Gasteiger partial charge in [-0.2, -0.15) is 0 Å². The Balaban J connectivity index is 1.93. The largest absolute Gasteiger partial charge is 0.506 e. The van der Waals surface area contributed by atoms with Crippen LogP contribution in [0.2, 0.25) is 5.02 Å². The van der Waals surface area contributed by atoms with E-state index >= 15 is 0 Å². The van der Waals surface area contributed by atoms with Gasteiger partial charge < -0.3 is 15.8 Å². The van der Waals surface area contributed by atoms with Crippen LogP contribution >= 0.6 is 34.7 Å². The van der Waals surface area contributed by atoms with E-state index in [1.807, 2.05) is 0 Å². The van der Waals surface area contributed by atoms with Crippen molar-refractivity contribution < 1.29 is 14.7 Å². The molecule has 1 amide bonds. The maximum absolute atomic E-state index is 12.3. The maximum Gasteiger partial charge on any atom is 0.252 e. The molecule has 0 aliphatic carbocycles. The van der Waals surface area contributed by atoms with E-state index in [2.05, 4.69) is 4.98 Å². The van der Waals surface area contributed by atoms with Gasteiger partial charge in [-0.1, -0.05) is 11.6 Å². The summed E-state index contributed by atoms with van der Waals surface area (Å²) in [4.78, 5) is 38.1. The summed E-state index contributed by atoms with van der Waals surface area (Å²) in [5.74, 6) is -1.05. The van der Waals surface area contributed by atoms with E-state index in [9.17, 15) is 19.5 Å². The van der Waals surface area contributed by atoms with E-state index in [1.54, 1.807) is 24.3 Å². The van der Waals surface area contributed by atoms with Gasteiger partial charge in [0.2, 0.25) is 0 Å². The summed E-state index contributed by atoms with van der Waals surface area (Å²) < 4.78 is 0.803. The predicted molar refractivity (Wildman–Crippen MR) is 99.1 cm³/mol. The number of nitrogens with one attached hydrogen (secondary N) is 1. The van der Waals surface area contributed by atoms with Gasteiger partial charge in [0.1, 0.15) is 5.75 Å². The minimum atomic E-state index is -0.742. The van der Waals surface area contributed by atoms with Crippen LogP contribution < -0.4 is 11.3 Å². The highest BCUT2D eigenvalue weighted by Crippen LogP contribution is 2.40. The second-order valence-corrected chi connectivity index (χ2v) is 7.77. The van der Waals surface area contributed by atoms with Crippen LogP contribution in [0.5, 0.6) is 5.75 Å². The highest BCUT2D eigenvalue weighted by molar-refractivity contribution is 8.02. The Morgan fingerprint density at radius 2 is 1.96 bits per heavy atom. The maximum atomic E-state index is 12.3. The van der Waals surface area contributed by atoms with Crippen LogP contribution in [-0.2, 0) is 0 Å². The Bertz CT molecular complexity index is 1040. The number of carbonyl (C=O) groups excluding carboxylic acids is 2. The molecule has 0 fully saturated rings. The van der Waals surface area contributed by atoms with E-state index in [1.165, 1.54) is 0 Å². The zero-order valence-corrected chi connectivity index (χ0v) is 14.9. The third-order valence-corrected chi connectivity index (χ3v) is 6.11. The number of thiophene rings is 1. The monoisotopic (exact) mass is 394 g/mol. The highest BCUT2D eigenvalue weighted by Gasteiger charge is 2.21. The molecule has 128 valence electrons. The fraction of sp³-hybridized carbons (Fsp3) is 0.0625. The van der Waals surface area contributed by atoms with Crippen LogP contribution in [-0.4, -0.2) is 27.5 Å². The van der Waals surface area contributed by atoms with Gasteiger partial charge in [0.05, 0.1) is 25.7 Å². The molecule has 25 heavy (non-hydrogen) atoms. The molecule has 3 aromatic rings. The number of carbonyl (C=O) groups is 2. The number of benzene rings is 1. The molecular formula is C16H11ClN2O4S2. The molecule has 0 aliphatic rings. The first-order valence-electron chi connectivity index (χ1n) is 6.97. The molecule has 0 bridgehead atoms. The minimum Gasteiger partial charge on any atom is -0.506 e. The van der Waals surface area contributed by atoms with Crippen molar-refractivity contribution in [2.24, 2.45) is 5.73 Å². The number of aromatic hydroxyl groups is 1. The van der Waals surface area contributed by atoms with Crippen molar-refractivity contribution >= 4 is 56.6 Å². The molecule has 1 aromatic carbocycles. The summed E-state index contributed by atoms with van der Waals surface area (Å²) in [5, 5.41) is 10.4. The molecule has 0 spiro atoms. The van der Waals surface area contributed by atoms with Crippen LogP contribution in [0, 0.1) is 0 Å².